The summed E-state index contributed by atoms with van der Waals surface area (Å²) < 4.78 is 42.2. The van der Waals surface area contributed by atoms with Crippen LogP contribution in [0.5, 0.6) is 17.2 Å². The van der Waals surface area contributed by atoms with Crippen molar-refractivity contribution in [1.29, 1.82) is 0 Å². The number of piperazine rings is 1. The van der Waals surface area contributed by atoms with E-state index >= 15 is 0 Å². The van der Waals surface area contributed by atoms with Crippen molar-refractivity contribution >= 4 is 16.0 Å². The van der Waals surface area contributed by atoms with Crippen LogP contribution in [0.3, 0.4) is 0 Å². The smallest absolute Gasteiger partial charge is 0.261 e. The highest BCUT2D eigenvalue weighted by Crippen LogP contribution is 2.32. The van der Waals surface area contributed by atoms with Crippen molar-refractivity contribution < 1.29 is 27.2 Å². The van der Waals surface area contributed by atoms with Gasteiger partial charge in [0.05, 0.1) is 19.4 Å². The molecule has 3 N–H and O–H groups in total. The third kappa shape index (κ3) is 9.36. The molecule has 10 nitrogen and oxygen atoms in total. The van der Waals surface area contributed by atoms with E-state index in [9.17, 15) is 8.42 Å². The molecule has 1 fully saturated rings. The Bertz CT molecular complexity index is 1080. The monoisotopic (exact) mass is 506 g/mol. The van der Waals surface area contributed by atoms with Gasteiger partial charge in [-0.3, -0.25) is 19.3 Å². The third-order valence-corrected chi connectivity index (χ3v) is 5.47. The number of rotatable bonds is 8. The van der Waals surface area contributed by atoms with E-state index < -0.39 is 10.1 Å². The molecule has 0 atom stereocenters. The molecule has 2 aliphatic rings. The normalized spacial score (nSPS) is 16.5. The number of nitrogens with zero attached hydrogens (tertiary/aromatic N) is 3. The van der Waals surface area contributed by atoms with E-state index in [0.29, 0.717) is 32.0 Å². The molecule has 0 unspecified atom stereocenters. The molecule has 2 aromatic carbocycles. The Kier molecular flexibility index (Phi) is 9.73. The molecule has 0 radical (unpaired) electrons. The van der Waals surface area contributed by atoms with Gasteiger partial charge in [0.25, 0.3) is 10.1 Å². The van der Waals surface area contributed by atoms with Gasteiger partial charge in [-0.15, -0.1) is 0 Å². The second-order valence-electron chi connectivity index (χ2n) is 8.26. The summed E-state index contributed by atoms with van der Waals surface area (Å²) >= 11 is 0. The van der Waals surface area contributed by atoms with Crippen LogP contribution >= 0.6 is 0 Å². The van der Waals surface area contributed by atoms with Gasteiger partial charge in [0, 0.05) is 44.8 Å². The first-order valence-electron chi connectivity index (χ1n) is 11.5. The topological polar surface area (TPSA) is 127 Å². The van der Waals surface area contributed by atoms with Gasteiger partial charge in [-0.2, -0.15) is 8.42 Å². The molecule has 0 amide bonds. The van der Waals surface area contributed by atoms with Gasteiger partial charge >= 0.3 is 0 Å². The summed E-state index contributed by atoms with van der Waals surface area (Å²) in [6, 6.07) is 14.0. The maximum atomic E-state index is 9.19. The van der Waals surface area contributed by atoms with E-state index in [2.05, 4.69) is 26.9 Å². The number of hydrogen-bond acceptors (Lipinski definition) is 8. The maximum absolute atomic E-state index is 9.19. The van der Waals surface area contributed by atoms with Crippen LogP contribution in [0.1, 0.15) is 18.1 Å². The van der Waals surface area contributed by atoms with E-state index in [-0.39, 0.29) is 0 Å². The highest BCUT2D eigenvalue weighted by molar-refractivity contribution is 7.85. The fourth-order valence-electron chi connectivity index (χ4n) is 3.76. The number of aliphatic imine (C=N–C) groups is 1. The van der Waals surface area contributed by atoms with Crippen LogP contribution in [0.15, 0.2) is 47.5 Å². The first kappa shape index (κ1) is 26.7. The minimum absolute atomic E-state index is 0.322. The van der Waals surface area contributed by atoms with Gasteiger partial charge in [-0.1, -0.05) is 6.07 Å². The van der Waals surface area contributed by atoms with Crippen molar-refractivity contribution in [3.8, 4) is 17.2 Å². The molecule has 4 rings (SSSR count). The molecule has 0 saturated carbocycles. The molecule has 0 aromatic heterocycles. The molecule has 0 spiro atoms. The van der Waals surface area contributed by atoms with Crippen LogP contribution in [0.4, 0.5) is 0 Å². The summed E-state index contributed by atoms with van der Waals surface area (Å²) in [6.45, 7) is 9.71. The van der Waals surface area contributed by atoms with Crippen molar-refractivity contribution in [2.24, 2.45) is 10.7 Å². The van der Waals surface area contributed by atoms with Gasteiger partial charge in [-0.05, 0) is 48.9 Å². The van der Waals surface area contributed by atoms with E-state index in [1.54, 1.807) is 0 Å². The second kappa shape index (κ2) is 12.7. The third-order valence-electron chi connectivity index (χ3n) is 5.47. The summed E-state index contributed by atoms with van der Waals surface area (Å²) in [5.41, 5.74) is 8.35. The zero-order valence-corrected chi connectivity index (χ0v) is 21.0. The second-order valence-corrected chi connectivity index (χ2v) is 9.73. The van der Waals surface area contributed by atoms with Crippen molar-refractivity contribution in [2.45, 2.75) is 13.5 Å². The number of benzene rings is 2. The van der Waals surface area contributed by atoms with E-state index in [1.807, 2.05) is 37.3 Å². The molecule has 11 heteroatoms. The largest absolute Gasteiger partial charge is 0.494 e. The highest BCUT2D eigenvalue weighted by Gasteiger charge is 2.18. The fourth-order valence-corrected chi connectivity index (χ4v) is 3.76. The average molecular weight is 507 g/mol. The first-order chi connectivity index (χ1) is 16.7. The Balaban J connectivity index is 0.000000623. The summed E-state index contributed by atoms with van der Waals surface area (Å²) in [4.78, 5) is 9.48. The van der Waals surface area contributed by atoms with Crippen LogP contribution in [-0.4, -0.2) is 87.5 Å². The average Bonchev–Trinajstić information content (AvgIpc) is 3.28. The Morgan fingerprint density at radius 3 is 2.34 bits per heavy atom. The lowest BCUT2D eigenvalue weighted by molar-refractivity contribution is 0.130. The SMILES string of the molecule is CCOc1ccc(C(N)=NCCN2CCN(Cc3ccc4c(c3)OCO4)CC2)cc1.CS(=O)(=O)O. The summed E-state index contributed by atoms with van der Waals surface area (Å²) in [6.07, 6.45) is 0.715. The van der Waals surface area contributed by atoms with Crippen molar-refractivity contribution in [3.63, 3.8) is 0 Å². The molecule has 192 valence electrons. The number of fused-ring (bicyclic) bond motifs is 1. The Morgan fingerprint density at radius 2 is 1.69 bits per heavy atom. The van der Waals surface area contributed by atoms with E-state index in [1.165, 1.54) is 5.56 Å². The van der Waals surface area contributed by atoms with Crippen LogP contribution in [-0.2, 0) is 16.7 Å². The molecular formula is C24H34N4O6S. The van der Waals surface area contributed by atoms with Crippen LogP contribution in [0.2, 0.25) is 0 Å². The lowest BCUT2D eigenvalue weighted by Crippen LogP contribution is -2.46. The lowest BCUT2D eigenvalue weighted by Gasteiger charge is -2.34. The van der Waals surface area contributed by atoms with E-state index in [4.69, 9.17) is 24.5 Å². The number of ether oxygens (including phenoxy) is 3. The van der Waals surface area contributed by atoms with Crippen molar-refractivity contribution in [2.75, 3.05) is 58.9 Å². The van der Waals surface area contributed by atoms with Crippen LogP contribution in [0.25, 0.3) is 0 Å². The Labute approximate surface area is 207 Å². The predicted octanol–water partition coefficient (Wildman–Crippen LogP) is 1.84. The summed E-state index contributed by atoms with van der Waals surface area (Å²) in [7, 11) is -3.67. The van der Waals surface area contributed by atoms with Gasteiger partial charge in [0.15, 0.2) is 11.5 Å². The molecule has 1 saturated heterocycles. The van der Waals surface area contributed by atoms with Gasteiger partial charge in [0.1, 0.15) is 11.6 Å². The Morgan fingerprint density at radius 1 is 1.06 bits per heavy atom. The van der Waals surface area contributed by atoms with Gasteiger partial charge in [0.2, 0.25) is 6.79 Å². The van der Waals surface area contributed by atoms with Crippen molar-refractivity contribution in [1.82, 2.24) is 9.80 Å². The van der Waals surface area contributed by atoms with Gasteiger partial charge in [-0.25, -0.2) is 0 Å². The fraction of sp³-hybridized carbons (Fsp3) is 0.458. The molecular weight excluding hydrogens is 472 g/mol. The maximum Gasteiger partial charge on any atom is 0.261 e. The predicted molar refractivity (Wildman–Crippen MR) is 135 cm³/mol. The van der Waals surface area contributed by atoms with Gasteiger partial charge < -0.3 is 19.9 Å². The van der Waals surface area contributed by atoms with E-state index in [0.717, 1.165) is 62.1 Å². The van der Waals surface area contributed by atoms with Crippen LogP contribution in [0, 0.1) is 0 Å². The molecule has 0 bridgehead atoms. The first-order valence-corrected chi connectivity index (χ1v) is 13.3. The van der Waals surface area contributed by atoms with Crippen LogP contribution < -0.4 is 19.9 Å². The number of hydrogen-bond donors (Lipinski definition) is 2. The zero-order chi connectivity index (χ0) is 25.3. The minimum Gasteiger partial charge on any atom is -0.494 e. The lowest BCUT2D eigenvalue weighted by atomic mass is 10.1. The standard InChI is InChI=1S/C23H30N4O3.CH4O3S/c1-2-28-20-6-4-19(5-7-20)23(24)25-9-10-26-11-13-27(14-12-26)16-18-3-8-21-22(15-18)30-17-29-21;1-5(2,3)4/h3-8,15H,2,9-14,16-17H2,1H3,(H2,24,25);1H3,(H,2,3,4). The Hall–Kier alpha value is -2.86. The number of amidine groups is 1. The van der Waals surface area contributed by atoms with Crippen molar-refractivity contribution in [3.05, 3.63) is 53.6 Å². The molecule has 35 heavy (non-hydrogen) atoms. The minimum atomic E-state index is -3.67. The molecule has 2 heterocycles. The zero-order valence-electron chi connectivity index (χ0n) is 20.2. The summed E-state index contributed by atoms with van der Waals surface area (Å²) in [5.74, 6) is 3.13. The summed E-state index contributed by atoms with van der Waals surface area (Å²) in [5, 5.41) is 0. The molecule has 2 aliphatic heterocycles. The quantitative estimate of drug-likeness (QED) is 0.313. The molecule has 0 aliphatic carbocycles. The molecule has 2 aromatic rings. The highest BCUT2D eigenvalue weighted by atomic mass is 32.2. The number of nitrogens with two attached hydrogens (primary N) is 1.